The molecule has 1 aromatic rings. The summed E-state index contributed by atoms with van der Waals surface area (Å²) in [5, 5.41) is 9.81. The van der Waals surface area contributed by atoms with E-state index in [1.165, 1.54) is 6.07 Å². The van der Waals surface area contributed by atoms with E-state index in [4.69, 9.17) is 5.73 Å². The Morgan fingerprint density at radius 2 is 1.88 bits per heavy atom. The lowest BCUT2D eigenvalue weighted by Crippen LogP contribution is -2.10. The number of hydrogen-bond donors (Lipinski definition) is 2. The van der Waals surface area contributed by atoms with Crippen LogP contribution in [0.5, 0.6) is 0 Å². The van der Waals surface area contributed by atoms with Crippen molar-refractivity contribution < 1.29 is 18.3 Å². The number of halogens is 3. The normalized spacial score (nSPS) is 14.1. The van der Waals surface area contributed by atoms with Crippen LogP contribution < -0.4 is 5.73 Å². The summed E-state index contributed by atoms with van der Waals surface area (Å²) in [4.78, 5) is 0. The molecule has 96 valence electrons. The van der Waals surface area contributed by atoms with E-state index in [0.717, 1.165) is 12.1 Å². The van der Waals surface area contributed by atoms with E-state index in [0.29, 0.717) is 6.42 Å². The van der Waals surface area contributed by atoms with E-state index in [1.807, 2.05) is 13.8 Å². The lowest BCUT2D eigenvalue weighted by Gasteiger charge is -2.17. The maximum absolute atomic E-state index is 12.5. The molecule has 0 aromatic heterocycles. The highest BCUT2D eigenvalue weighted by atomic mass is 19.4. The lowest BCUT2D eigenvalue weighted by atomic mass is 9.96. The summed E-state index contributed by atoms with van der Waals surface area (Å²) in [6, 6.07) is 3.02. The SMILES string of the molecule is CC(C)CC(O)c1cc(C(F)(F)F)ccc1N. The zero-order chi connectivity index (χ0) is 13.2. The molecule has 0 aliphatic rings. The maximum atomic E-state index is 12.5. The number of hydrogen-bond acceptors (Lipinski definition) is 2. The third-order valence-corrected chi connectivity index (χ3v) is 2.47. The highest BCUT2D eigenvalue weighted by Crippen LogP contribution is 2.34. The second-order valence-electron chi connectivity index (χ2n) is 4.49. The molecule has 3 N–H and O–H groups in total. The quantitative estimate of drug-likeness (QED) is 0.804. The van der Waals surface area contributed by atoms with Crippen LogP contribution in [0, 0.1) is 5.92 Å². The summed E-state index contributed by atoms with van der Waals surface area (Å²) in [5.41, 5.74) is 5.13. The molecule has 1 aromatic carbocycles. The van der Waals surface area contributed by atoms with Crippen LogP contribution in [0.15, 0.2) is 18.2 Å². The minimum atomic E-state index is -4.42. The van der Waals surface area contributed by atoms with Gasteiger partial charge in [-0.2, -0.15) is 13.2 Å². The Bertz CT molecular complexity index is 388. The number of anilines is 1. The molecule has 0 saturated carbocycles. The van der Waals surface area contributed by atoms with Gasteiger partial charge < -0.3 is 10.8 Å². The van der Waals surface area contributed by atoms with Gasteiger partial charge in [-0.15, -0.1) is 0 Å². The predicted molar refractivity (Wildman–Crippen MR) is 60.3 cm³/mol. The third kappa shape index (κ3) is 3.63. The summed E-state index contributed by atoms with van der Waals surface area (Å²) in [6.45, 7) is 3.76. The van der Waals surface area contributed by atoms with Crippen molar-refractivity contribution in [2.24, 2.45) is 5.92 Å². The number of nitrogens with two attached hydrogens (primary N) is 1. The average molecular weight is 247 g/mol. The van der Waals surface area contributed by atoms with Crippen LogP contribution in [0.1, 0.15) is 37.5 Å². The molecule has 1 atom stereocenters. The summed E-state index contributed by atoms with van der Waals surface area (Å²) in [6.07, 6.45) is -5.00. The van der Waals surface area contributed by atoms with Gasteiger partial charge in [0, 0.05) is 11.3 Å². The number of rotatable bonds is 3. The largest absolute Gasteiger partial charge is 0.416 e. The Kier molecular flexibility index (Phi) is 4.03. The number of aliphatic hydroxyl groups excluding tert-OH is 1. The van der Waals surface area contributed by atoms with E-state index in [9.17, 15) is 18.3 Å². The molecule has 0 aliphatic heterocycles. The second-order valence-corrected chi connectivity index (χ2v) is 4.49. The molecule has 0 radical (unpaired) electrons. The first-order chi connectivity index (χ1) is 7.71. The standard InChI is InChI=1S/C12H16F3NO/c1-7(2)5-11(17)9-6-8(12(13,14)15)3-4-10(9)16/h3-4,6-7,11,17H,5,16H2,1-2H3. The Balaban J connectivity index is 3.06. The summed E-state index contributed by atoms with van der Waals surface area (Å²) in [7, 11) is 0. The highest BCUT2D eigenvalue weighted by molar-refractivity contribution is 5.50. The summed E-state index contributed by atoms with van der Waals surface area (Å²) < 4.78 is 37.5. The van der Waals surface area contributed by atoms with Crippen LogP contribution in [0.2, 0.25) is 0 Å². The molecule has 0 fully saturated rings. The van der Waals surface area contributed by atoms with E-state index >= 15 is 0 Å². The predicted octanol–water partition coefficient (Wildman–Crippen LogP) is 3.37. The first-order valence-corrected chi connectivity index (χ1v) is 5.36. The first kappa shape index (κ1) is 13.8. The smallest absolute Gasteiger partial charge is 0.398 e. The van der Waals surface area contributed by atoms with Crippen LogP contribution in [0.25, 0.3) is 0 Å². The van der Waals surface area contributed by atoms with Gasteiger partial charge in [0.15, 0.2) is 0 Å². The molecule has 0 amide bonds. The second kappa shape index (κ2) is 4.96. The summed E-state index contributed by atoms with van der Waals surface area (Å²) >= 11 is 0. The molecule has 0 saturated heterocycles. The van der Waals surface area contributed by atoms with Crippen molar-refractivity contribution in [2.45, 2.75) is 32.5 Å². The van der Waals surface area contributed by atoms with Gasteiger partial charge in [0.05, 0.1) is 11.7 Å². The lowest BCUT2D eigenvalue weighted by molar-refractivity contribution is -0.137. The van der Waals surface area contributed by atoms with E-state index in [-0.39, 0.29) is 17.2 Å². The van der Waals surface area contributed by atoms with Gasteiger partial charge in [0.1, 0.15) is 0 Å². The molecule has 1 unspecified atom stereocenters. The Morgan fingerprint density at radius 3 is 2.35 bits per heavy atom. The van der Waals surface area contributed by atoms with Crippen molar-refractivity contribution >= 4 is 5.69 Å². The molecule has 17 heavy (non-hydrogen) atoms. The van der Waals surface area contributed by atoms with Gasteiger partial charge >= 0.3 is 6.18 Å². The van der Waals surface area contributed by atoms with Crippen molar-refractivity contribution in [2.75, 3.05) is 5.73 Å². The maximum Gasteiger partial charge on any atom is 0.416 e. The van der Waals surface area contributed by atoms with Crippen LogP contribution >= 0.6 is 0 Å². The fourth-order valence-electron chi connectivity index (χ4n) is 1.61. The Hall–Kier alpha value is -1.23. The summed E-state index contributed by atoms with van der Waals surface area (Å²) in [5.74, 6) is 0.180. The number of benzene rings is 1. The monoisotopic (exact) mass is 247 g/mol. The highest BCUT2D eigenvalue weighted by Gasteiger charge is 2.31. The average Bonchev–Trinajstić information content (AvgIpc) is 2.15. The van der Waals surface area contributed by atoms with Crippen molar-refractivity contribution in [3.63, 3.8) is 0 Å². The minimum Gasteiger partial charge on any atom is -0.398 e. The molecule has 1 rings (SSSR count). The van der Waals surface area contributed by atoms with E-state index in [2.05, 4.69) is 0 Å². The van der Waals surface area contributed by atoms with Crippen molar-refractivity contribution in [1.29, 1.82) is 0 Å². The number of alkyl halides is 3. The third-order valence-electron chi connectivity index (χ3n) is 2.47. The topological polar surface area (TPSA) is 46.2 Å². The minimum absolute atomic E-state index is 0.147. The van der Waals surface area contributed by atoms with Gasteiger partial charge in [0.25, 0.3) is 0 Å². The molecular formula is C12H16F3NO. The number of aliphatic hydroxyl groups is 1. The zero-order valence-corrected chi connectivity index (χ0v) is 9.75. The van der Waals surface area contributed by atoms with Crippen molar-refractivity contribution in [3.8, 4) is 0 Å². The van der Waals surface area contributed by atoms with Crippen molar-refractivity contribution in [3.05, 3.63) is 29.3 Å². The number of nitrogen functional groups attached to an aromatic ring is 1. The fraction of sp³-hybridized carbons (Fsp3) is 0.500. The Morgan fingerprint density at radius 1 is 1.29 bits per heavy atom. The molecule has 5 heteroatoms. The van der Waals surface area contributed by atoms with E-state index in [1.54, 1.807) is 0 Å². The van der Waals surface area contributed by atoms with Gasteiger partial charge in [-0.05, 0) is 30.5 Å². The van der Waals surface area contributed by atoms with Crippen LogP contribution in [-0.4, -0.2) is 5.11 Å². The van der Waals surface area contributed by atoms with Gasteiger partial charge in [-0.25, -0.2) is 0 Å². The van der Waals surface area contributed by atoms with Gasteiger partial charge in [-0.1, -0.05) is 13.8 Å². The van der Waals surface area contributed by atoms with Crippen molar-refractivity contribution in [1.82, 2.24) is 0 Å². The van der Waals surface area contributed by atoms with Crippen LogP contribution in [-0.2, 0) is 6.18 Å². The van der Waals surface area contributed by atoms with Gasteiger partial charge in [0.2, 0.25) is 0 Å². The van der Waals surface area contributed by atoms with Gasteiger partial charge in [-0.3, -0.25) is 0 Å². The molecule has 0 aliphatic carbocycles. The zero-order valence-electron chi connectivity index (χ0n) is 9.75. The van der Waals surface area contributed by atoms with Crippen LogP contribution in [0.4, 0.5) is 18.9 Å². The Labute approximate surface area is 98.3 Å². The van der Waals surface area contributed by atoms with Crippen LogP contribution in [0.3, 0.4) is 0 Å². The fourth-order valence-corrected chi connectivity index (χ4v) is 1.61. The van der Waals surface area contributed by atoms with E-state index < -0.39 is 17.8 Å². The first-order valence-electron chi connectivity index (χ1n) is 5.36. The molecule has 0 heterocycles. The molecule has 0 spiro atoms. The molecular weight excluding hydrogens is 231 g/mol. The molecule has 0 bridgehead atoms. The molecule has 2 nitrogen and oxygen atoms in total.